The van der Waals surface area contributed by atoms with Crippen LogP contribution in [0.1, 0.15) is 19.8 Å². The van der Waals surface area contributed by atoms with Crippen molar-refractivity contribution in [3.8, 4) is 22.8 Å². The van der Waals surface area contributed by atoms with E-state index in [9.17, 15) is 4.79 Å². The molecule has 6 heteroatoms. The average molecular weight is 361 g/mol. The number of carbonyl (C=O) groups is 1. The molecular weight excluding hydrogens is 342 g/mol. The Morgan fingerprint density at radius 3 is 2.52 bits per heavy atom. The van der Waals surface area contributed by atoms with Gasteiger partial charge in [0.2, 0.25) is 12.7 Å². The highest BCUT2D eigenvalue weighted by atomic mass is 16.7. The lowest BCUT2D eigenvalue weighted by molar-refractivity contribution is -0.118. The van der Waals surface area contributed by atoms with E-state index in [0.29, 0.717) is 11.6 Å². The molecule has 0 radical (unpaired) electrons. The zero-order valence-corrected chi connectivity index (χ0v) is 14.5. The molecule has 0 saturated heterocycles. The van der Waals surface area contributed by atoms with Gasteiger partial charge in [-0.25, -0.2) is 0 Å². The SMILES string of the molecule is O=C(Nc1ccc(-c2ccccc2)nn1)C1(c2ccc3c(c2)OCO3)CC1.[HH]. The summed E-state index contributed by atoms with van der Waals surface area (Å²) in [6.45, 7) is 0.224. The Bertz CT molecular complexity index is 1010. The molecule has 2 heterocycles. The van der Waals surface area contributed by atoms with Crippen molar-refractivity contribution in [1.82, 2.24) is 10.2 Å². The molecule has 136 valence electrons. The number of anilines is 1. The van der Waals surface area contributed by atoms with Crippen LogP contribution in [0.5, 0.6) is 11.5 Å². The summed E-state index contributed by atoms with van der Waals surface area (Å²) in [6, 6.07) is 19.1. The standard InChI is InChI=1S/C21H17N3O3.H2/c25-20(21(10-11-21)15-6-8-17-18(12-15)27-13-26-17)22-19-9-7-16(23-24-19)14-4-2-1-3-5-14;/h1-9,12H,10-11,13H2,(H,22,24,25);1H. The number of benzene rings is 2. The van der Waals surface area contributed by atoms with Gasteiger partial charge in [-0.1, -0.05) is 36.4 Å². The summed E-state index contributed by atoms with van der Waals surface area (Å²) < 4.78 is 10.8. The van der Waals surface area contributed by atoms with E-state index in [1.54, 1.807) is 6.07 Å². The van der Waals surface area contributed by atoms with Gasteiger partial charge in [0.1, 0.15) is 0 Å². The molecule has 1 aliphatic heterocycles. The molecule has 2 aromatic carbocycles. The number of nitrogens with zero attached hydrogens (tertiary/aromatic N) is 2. The predicted octanol–water partition coefficient (Wildman–Crippen LogP) is 3.79. The lowest BCUT2D eigenvalue weighted by Crippen LogP contribution is -2.28. The summed E-state index contributed by atoms with van der Waals surface area (Å²) in [6.07, 6.45) is 1.60. The maximum atomic E-state index is 12.9. The average Bonchev–Trinajstić information content (AvgIpc) is 3.40. The number of ether oxygens (including phenoxy) is 2. The molecular formula is C21H19N3O3. The van der Waals surface area contributed by atoms with Crippen LogP contribution in [-0.4, -0.2) is 22.9 Å². The van der Waals surface area contributed by atoms with Gasteiger partial charge in [-0.15, -0.1) is 10.2 Å². The van der Waals surface area contributed by atoms with Crippen LogP contribution in [0.15, 0.2) is 60.7 Å². The molecule has 1 aliphatic carbocycles. The zero-order chi connectivity index (χ0) is 18.3. The second-order valence-corrected chi connectivity index (χ2v) is 6.77. The van der Waals surface area contributed by atoms with Gasteiger partial charge in [-0.3, -0.25) is 4.79 Å². The van der Waals surface area contributed by atoms with E-state index in [1.165, 1.54) is 0 Å². The normalized spacial score (nSPS) is 16.0. The predicted molar refractivity (Wildman–Crippen MR) is 102 cm³/mol. The minimum Gasteiger partial charge on any atom is -0.454 e. The highest BCUT2D eigenvalue weighted by Gasteiger charge is 2.51. The molecule has 0 spiro atoms. The van der Waals surface area contributed by atoms with Crippen molar-refractivity contribution in [1.29, 1.82) is 0 Å². The van der Waals surface area contributed by atoms with Gasteiger partial charge in [0.05, 0.1) is 11.1 Å². The third-order valence-electron chi connectivity index (χ3n) is 5.09. The number of amides is 1. The van der Waals surface area contributed by atoms with Crippen LogP contribution < -0.4 is 14.8 Å². The number of hydrogen-bond acceptors (Lipinski definition) is 5. The largest absolute Gasteiger partial charge is 0.454 e. The van der Waals surface area contributed by atoms with Crippen LogP contribution in [0.4, 0.5) is 5.82 Å². The number of carbonyl (C=O) groups excluding carboxylic acids is 1. The molecule has 1 aromatic heterocycles. The highest BCUT2D eigenvalue weighted by Crippen LogP contribution is 2.51. The van der Waals surface area contributed by atoms with E-state index in [1.807, 2.05) is 54.6 Å². The molecule has 2 aliphatic rings. The van der Waals surface area contributed by atoms with Crippen molar-refractivity contribution in [2.45, 2.75) is 18.3 Å². The first-order chi connectivity index (χ1) is 13.2. The summed E-state index contributed by atoms with van der Waals surface area (Å²) in [5.41, 5.74) is 2.17. The Hall–Kier alpha value is -3.41. The van der Waals surface area contributed by atoms with Crippen LogP contribution in [-0.2, 0) is 10.2 Å². The van der Waals surface area contributed by atoms with Gasteiger partial charge in [0.25, 0.3) is 0 Å². The van der Waals surface area contributed by atoms with Gasteiger partial charge in [-0.05, 0) is 42.7 Å². The third kappa shape index (κ3) is 2.79. The van der Waals surface area contributed by atoms with Gasteiger partial charge in [0.15, 0.2) is 17.3 Å². The van der Waals surface area contributed by atoms with E-state index in [-0.39, 0.29) is 14.1 Å². The molecule has 1 saturated carbocycles. The van der Waals surface area contributed by atoms with E-state index in [4.69, 9.17) is 9.47 Å². The fraction of sp³-hybridized carbons (Fsp3) is 0.190. The van der Waals surface area contributed by atoms with Crippen LogP contribution in [0, 0.1) is 0 Å². The first kappa shape index (κ1) is 15.8. The summed E-state index contributed by atoms with van der Waals surface area (Å²) in [5.74, 6) is 1.80. The van der Waals surface area contributed by atoms with Crippen molar-refractivity contribution in [3.05, 3.63) is 66.2 Å². The van der Waals surface area contributed by atoms with E-state index in [0.717, 1.165) is 35.4 Å². The van der Waals surface area contributed by atoms with Gasteiger partial charge in [0, 0.05) is 6.99 Å². The molecule has 6 nitrogen and oxygen atoms in total. The minimum atomic E-state index is -0.527. The number of nitrogens with one attached hydrogen (secondary N) is 1. The Morgan fingerprint density at radius 1 is 0.963 bits per heavy atom. The third-order valence-corrected chi connectivity index (χ3v) is 5.09. The molecule has 0 atom stereocenters. The van der Waals surface area contributed by atoms with Crippen molar-refractivity contribution in [2.24, 2.45) is 0 Å². The van der Waals surface area contributed by atoms with Crippen LogP contribution in [0.2, 0.25) is 0 Å². The fourth-order valence-electron chi connectivity index (χ4n) is 3.36. The lowest BCUT2D eigenvalue weighted by Gasteiger charge is -2.15. The summed E-state index contributed by atoms with van der Waals surface area (Å²) in [4.78, 5) is 12.9. The zero-order valence-electron chi connectivity index (χ0n) is 14.5. The fourth-order valence-corrected chi connectivity index (χ4v) is 3.36. The van der Waals surface area contributed by atoms with Crippen molar-refractivity contribution in [3.63, 3.8) is 0 Å². The number of fused-ring (bicyclic) bond motifs is 1. The molecule has 3 aromatic rings. The first-order valence-electron chi connectivity index (χ1n) is 8.85. The number of aromatic nitrogens is 2. The lowest BCUT2D eigenvalue weighted by atomic mass is 9.94. The van der Waals surface area contributed by atoms with Crippen molar-refractivity contribution >= 4 is 11.7 Å². The highest BCUT2D eigenvalue weighted by molar-refractivity contribution is 6.01. The molecule has 1 N–H and O–H groups in total. The topological polar surface area (TPSA) is 73.3 Å². The Balaban J connectivity index is 0.00000192. The summed E-state index contributed by atoms with van der Waals surface area (Å²) >= 11 is 0. The van der Waals surface area contributed by atoms with Gasteiger partial charge >= 0.3 is 0 Å². The Kier molecular flexibility index (Phi) is 3.57. The summed E-state index contributed by atoms with van der Waals surface area (Å²) in [5, 5.41) is 11.3. The van der Waals surface area contributed by atoms with E-state index in [2.05, 4.69) is 15.5 Å². The first-order valence-corrected chi connectivity index (χ1v) is 8.85. The molecule has 0 unspecified atom stereocenters. The number of hydrogen-bond donors (Lipinski definition) is 1. The summed E-state index contributed by atoms with van der Waals surface area (Å²) in [7, 11) is 0. The van der Waals surface area contributed by atoms with Crippen molar-refractivity contribution < 1.29 is 15.7 Å². The van der Waals surface area contributed by atoms with Crippen LogP contribution in [0.3, 0.4) is 0 Å². The number of rotatable bonds is 4. The van der Waals surface area contributed by atoms with Gasteiger partial charge in [-0.2, -0.15) is 0 Å². The maximum absolute atomic E-state index is 12.9. The molecule has 1 amide bonds. The monoisotopic (exact) mass is 361 g/mol. The van der Waals surface area contributed by atoms with E-state index >= 15 is 0 Å². The molecule has 0 bridgehead atoms. The smallest absolute Gasteiger partial charge is 0.236 e. The van der Waals surface area contributed by atoms with Crippen molar-refractivity contribution in [2.75, 3.05) is 12.1 Å². The second kappa shape index (κ2) is 6.09. The molecule has 27 heavy (non-hydrogen) atoms. The Labute approximate surface area is 157 Å². The van der Waals surface area contributed by atoms with E-state index < -0.39 is 5.41 Å². The molecule has 5 rings (SSSR count). The molecule has 1 fully saturated rings. The van der Waals surface area contributed by atoms with Crippen LogP contribution in [0.25, 0.3) is 11.3 Å². The maximum Gasteiger partial charge on any atom is 0.236 e. The Morgan fingerprint density at radius 2 is 1.78 bits per heavy atom. The van der Waals surface area contributed by atoms with Crippen LogP contribution >= 0.6 is 0 Å². The second-order valence-electron chi connectivity index (χ2n) is 6.77. The minimum absolute atomic E-state index is 0. The van der Waals surface area contributed by atoms with Gasteiger partial charge < -0.3 is 14.8 Å². The quantitative estimate of drug-likeness (QED) is 0.765.